The highest BCUT2D eigenvalue weighted by atomic mass is 15.0. The lowest BCUT2D eigenvalue weighted by Crippen LogP contribution is -1.93. The van der Waals surface area contributed by atoms with Crippen LogP contribution in [-0.2, 0) is 0 Å². The maximum atomic E-state index is 5.80. The normalized spacial score (nSPS) is 12.7. The van der Waals surface area contributed by atoms with Gasteiger partial charge in [-0.05, 0) is 81.7 Å². The van der Waals surface area contributed by atoms with Crippen LogP contribution in [0.2, 0.25) is 0 Å². The summed E-state index contributed by atoms with van der Waals surface area (Å²) in [5.41, 5.74) is 14.1. The van der Waals surface area contributed by atoms with Crippen molar-refractivity contribution in [3.8, 4) is 16.8 Å². The van der Waals surface area contributed by atoms with Gasteiger partial charge in [-0.2, -0.15) is 0 Å². The molecule has 6 aromatic heterocycles. The number of pyridine rings is 1. The van der Waals surface area contributed by atoms with Crippen LogP contribution in [0.3, 0.4) is 0 Å². The Labute approximate surface area is 335 Å². The molecular weight excluding hydrogens is 717 g/mol. The molecule has 15 rings (SSSR count). The number of fused-ring (bicyclic) bond motifs is 18. The highest BCUT2D eigenvalue weighted by Crippen LogP contribution is 2.49. The Morgan fingerprint density at radius 2 is 0.966 bits per heavy atom. The molecule has 0 aliphatic heterocycles. The van der Waals surface area contributed by atoms with E-state index in [-0.39, 0.29) is 0 Å². The van der Waals surface area contributed by atoms with E-state index in [1.165, 1.54) is 114 Å². The molecule has 0 N–H and O–H groups in total. The molecular formula is C55H30N4. The largest absolute Gasteiger partial charge is 0.309 e. The molecule has 0 aliphatic carbocycles. The van der Waals surface area contributed by atoms with Crippen molar-refractivity contribution >= 4 is 120 Å². The highest BCUT2D eigenvalue weighted by molar-refractivity contribution is 6.35. The third kappa shape index (κ3) is 3.60. The third-order valence-electron chi connectivity index (χ3n) is 13.4. The molecule has 0 aliphatic rings. The molecule has 6 heterocycles. The maximum absolute atomic E-state index is 5.80. The molecule has 0 spiro atoms. The zero-order valence-corrected chi connectivity index (χ0v) is 31.6. The first-order chi connectivity index (χ1) is 29.3. The predicted octanol–water partition coefficient (Wildman–Crippen LogP) is 14.5. The molecule has 0 amide bonds. The van der Waals surface area contributed by atoms with Gasteiger partial charge in [0.2, 0.25) is 0 Å². The Balaban J connectivity index is 1.16. The first-order valence-electron chi connectivity index (χ1n) is 20.4. The van der Waals surface area contributed by atoms with Gasteiger partial charge in [-0.25, -0.2) is 4.98 Å². The Bertz CT molecular complexity index is 4300. The predicted molar refractivity (Wildman–Crippen MR) is 248 cm³/mol. The molecule has 0 atom stereocenters. The minimum atomic E-state index is 1.00. The lowest BCUT2D eigenvalue weighted by molar-refractivity contribution is 1.18. The molecule has 4 heteroatoms. The van der Waals surface area contributed by atoms with E-state index in [0.29, 0.717) is 0 Å². The number of benzene rings is 9. The SMILES string of the molecule is c1ccc(-n2c3ccccc3c3cc(-c4c5ccccc5cc5c6cc7ccccc7c7c8cc9c(nc8n(c45)c67)c4cccc5c6ccccc6n9c54)ccc32)cc1. The van der Waals surface area contributed by atoms with E-state index in [1.54, 1.807) is 0 Å². The van der Waals surface area contributed by atoms with E-state index < -0.39 is 0 Å². The molecule has 0 saturated carbocycles. The van der Waals surface area contributed by atoms with Gasteiger partial charge in [0, 0.05) is 59.7 Å². The quantitative estimate of drug-likeness (QED) is 0.173. The highest BCUT2D eigenvalue weighted by Gasteiger charge is 2.27. The van der Waals surface area contributed by atoms with Gasteiger partial charge in [0.05, 0.1) is 44.1 Å². The van der Waals surface area contributed by atoms with Gasteiger partial charge < -0.3 is 8.97 Å². The van der Waals surface area contributed by atoms with Crippen LogP contribution in [0.15, 0.2) is 182 Å². The Morgan fingerprint density at radius 3 is 1.80 bits per heavy atom. The molecule has 0 unspecified atom stereocenters. The fourth-order valence-electron chi connectivity index (χ4n) is 11.1. The van der Waals surface area contributed by atoms with Crippen LogP contribution in [0, 0.1) is 0 Å². The van der Waals surface area contributed by atoms with Crippen molar-refractivity contribution in [1.82, 2.24) is 18.4 Å². The van der Waals surface area contributed by atoms with Crippen molar-refractivity contribution in [1.29, 1.82) is 0 Å². The number of hydrogen-bond donors (Lipinski definition) is 0. The Kier molecular flexibility index (Phi) is 5.38. The van der Waals surface area contributed by atoms with Crippen molar-refractivity contribution in [2.45, 2.75) is 0 Å². The smallest absolute Gasteiger partial charge is 0.146 e. The van der Waals surface area contributed by atoms with Crippen LogP contribution in [0.5, 0.6) is 0 Å². The fourth-order valence-corrected chi connectivity index (χ4v) is 11.1. The van der Waals surface area contributed by atoms with Gasteiger partial charge >= 0.3 is 0 Å². The summed E-state index contributed by atoms with van der Waals surface area (Å²) < 4.78 is 7.38. The van der Waals surface area contributed by atoms with E-state index in [2.05, 4.69) is 195 Å². The monoisotopic (exact) mass is 746 g/mol. The van der Waals surface area contributed by atoms with Gasteiger partial charge in [-0.15, -0.1) is 0 Å². The number of hydrogen-bond acceptors (Lipinski definition) is 1. The molecule has 0 radical (unpaired) electrons. The zero-order chi connectivity index (χ0) is 38.1. The van der Waals surface area contributed by atoms with E-state index in [1.807, 2.05) is 0 Å². The lowest BCUT2D eigenvalue weighted by atomic mass is 9.93. The van der Waals surface area contributed by atoms with Crippen LogP contribution in [-0.4, -0.2) is 18.4 Å². The summed E-state index contributed by atoms with van der Waals surface area (Å²) in [7, 11) is 0. The summed E-state index contributed by atoms with van der Waals surface area (Å²) in [6.07, 6.45) is 0. The molecule has 270 valence electrons. The van der Waals surface area contributed by atoms with Gasteiger partial charge in [-0.1, -0.05) is 127 Å². The first-order valence-corrected chi connectivity index (χ1v) is 20.4. The summed E-state index contributed by atoms with van der Waals surface area (Å²) >= 11 is 0. The van der Waals surface area contributed by atoms with Crippen molar-refractivity contribution in [2.24, 2.45) is 0 Å². The summed E-state index contributed by atoms with van der Waals surface area (Å²) in [6.45, 7) is 0. The summed E-state index contributed by atoms with van der Waals surface area (Å²) in [4.78, 5) is 5.80. The van der Waals surface area contributed by atoms with Crippen LogP contribution in [0.1, 0.15) is 0 Å². The average Bonchev–Trinajstić information content (AvgIpc) is 4.08. The second-order valence-corrected chi connectivity index (χ2v) is 16.3. The van der Waals surface area contributed by atoms with Crippen molar-refractivity contribution in [2.75, 3.05) is 0 Å². The van der Waals surface area contributed by atoms with Gasteiger partial charge in [0.15, 0.2) is 0 Å². The van der Waals surface area contributed by atoms with Gasteiger partial charge in [0.1, 0.15) is 5.65 Å². The van der Waals surface area contributed by atoms with Gasteiger partial charge in [-0.3, -0.25) is 4.40 Å². The van der Waals surface area contributed by atoms with E-state index in [4.69, 9.17) is 4.98 Å². The van der Waals surface area contributed by atoms with Gasteiger partial charge in [0.25, 0.3) is 0 Å². The lowest BCUT2D eigenvalue weighted by Gasteiger charge is -2.12. The zero-order valence-electron chi connectivity index (χ0n) is 31.6. The fraction of sp³-hybridized carbons (Fsp3) is 0. The maximum Gasteiger partial charge on any atom is 0.146 e. The number of para-hydroxylation sites is 4. The molecule has 4 nitrogen and oxygen atoms in total. The summed E-state index contributed by atoms with van der Waals surface area (Å²) in [6, 6.07) is 67.2. The van der Waals surface area contributed by atoms with Crippen LogP contribution >= 0.6 is 0 Å². The van der Waals surface area contributed by atoms with Crippen molar-refractivity contribution < 1.29 is 0 Å². The molecule has 9 aromatic carbocycles. The minimum Gasteiger partial charge on any atom is -0.309 e. The molecule has 0 fully saturated rings. The number of rotatable bonds is 2. The molecule has 0 bridgehead atoms. The Morgan fingerprint density at radius 1 is 0.339 bits per heavy atom. The first kappa shape index (κ1) is 30.2. The molecule has 59 heavy (non-hydrogen) atoms. The third-order valence-corrected chi connectivity index (χ3v) is 13.4. The van der Waals surface area contributed by atoms with Crippen molar-refractivity contribution in [3.63, 3.8) is 0 Å². The summed E-state index contributed by atoms with van der Waals surface area (Å²) in [5, 5.41) is 16.1. The molecule has 0 saturated heterocycles. The topological polar surface area (TPSA) is 26.6 Å². The van der Waals surface area contributed by atoms with Crippen LogP contribution in [0.4, 0.5) is 0 Å². The van der Waals surface area contributed by atoms with E-state index in [0.717, 1.165) is 22.4 Å². The van der Waals surface area contributed by atoms with E-state index >= 15 is 0 Å². The number of nitrogens with zero attached hydrogens (tertiary/aromatic N) is 4. The van der Waals surface area contributed by atoms with Crippen molar-refractivity contribution in [3.05, 3.63) is 182 Å². The number of aromatic nitrogens is 4. The summed E-state index contributed by atoms with van der Waals surface area (Å²) in [5.74, 6) is 0. The van der Waals surface area contributed by atoms with Crippen LogP contribution < -0.4 is 0 Å². The second-order valence-electron chi connectivity index (χ2n) is 16.3. The second kappa shape index (κ2) is 10.5. The average molecular weight is 747 g/mol. The standard InChI is InChI=1S/C55H30N4/c1-2-15-34(16-3-1)57-45-23-10-9-20-38(45)41-29-33(25-26-47(41)57)49-35-17-6-4-13-31(35)27-42-43-28-32-14-5-7-18-36(32)50-44-30-48-51(56-55(44)59(53(42)49)54(43)50)40-22-12-21-39-37-19-8-11-24-46(37)58(48)52(39)40/h1-30H. The van der Waals surface area contributed by atoms with Crippen LogP contribution in [0.25, 0.3) is 137 Å². The molecule has 15 aromatic rings. The Hall–Kier alpha value is -7.95. The minimum absolute atomic E-state index is 1.00. The van der Waals surface area contributed by atoms with E-state index in [9.17, 15) is 0 Å².